The summed E-state index contributed by atoms with van der Waals surface area (Å²) in [6.45, 7) is 5.58. The van der Waals surface area contributed by atoms with Gasteiger partial charge in [0.05, 0.1) is 0 Å². The summed E-state index contributed by atoms with van der Waals surface area (Å²) in [5, 5.41) is 0. The van der Waals surface area contributed by atoms with E-state index in [2.05, 4.69) is 13.8 Å². The van der Waals surface area contributed by atoms with Crippen molar-refractivity contribution >= 4 is 23.6 Å². The van der Waals surface area contributed by atoms with Crippen LogP contribution in [-0.4, -0.2) is 58.3 Å². The van der Waals surface area contributed by atoms with Gasteiger partial charge in [-0.25, -0.2) is 0 Å². The largest absolute Gasteiger partial charge is 0.337 e. The molecule has 4 nitrogen and oxygen atoms in total. The van der Waals surface area contributed by atoms with Crippen LogP contribution in [0.25, 0.3) is 0 Å². The Balaban J connectivity index is 2.07. The molecule has 2 fully saturated rings. The summed E-state index contributed by atoms with van der Waals surface area (Å²) in [4.78, 5) is 28.2. The van der Waals surface area contributed by atoms with E-state index < -0.39 is 0 Å². The van der Waals surface area contributed by atoms with E-state index in [9.17, 15) is 9.59 Å². The first-order valence-corrected chi connectivity index (χ1v) is 7.98. The summed E-state index contributed by atoms with van der Waals surface area (Å²) in [5.74, 6) is 2.36. The summed E-state index contributed by atoms with van der Waals surface area (Å²) in [6, 6.07) is 0.0601. The third-order valence-corrected chi connectivity index (χ3v) is 4.93. The van der Waals surface area contributed by atoms with Crippen LogP contribution in [0.15, 0.2) is 0 Å². The Kier molecular flexibility index (Phi) is 4.54. The molecule has 2 amide bonds. The minimum atomic E-state index is -0.172. The second-order valence-electron chi connectivity index (χ2n) is 5.04. The molecule has 0 radical (unpaired) electrons. The molecule has 2 unspecified atom stereocenters. The number of carbonyl (C=O) groups is 2. The van der Waals surface area contributed by atoms with Crippen LogP contribution in [0.2, 0.25) is 0 Å². The van der Waals surface area contributed by atoms with E-state index in [0.29, 0.717) is 13.0 Å². The Morgan fingerprint density at radius 1 is 1.39 bits per heavy atom. The van der Waals surface area contributed by atoms with Gasteiger partial charge in [-0.15, -0.1) is 0 Å². The first-order chi connectivity index (χ1) is 8.65. The molecule has 0 aromatic carbocycles. The SMILES string of the molecule is CCSCC(C)N1CCC(=O)N2CCCC2C1=O. The molecule has 0 N–H and O–H groups in total. The molecule has 18 heavy (non-hydrogen) atoms. The first-order valence-electron chi connectivity index (χ1n) is 6.82. The van der Waals surface area contributed by atoms with E-state index in [4.69, 9.17) is 0 Å². The van der Waals surface area contributed by atoms with Gasteiger partial charge in [0, 0.05) is 31.3 Å². The van der Waals surface area contributed by atoms with Gasteiger partial charge in [0.15, 0.2) is 0 Å². The van der Waals surface area contributed by atoms with Crippen LogP contribution in [0.3, 0.4) is 0 Å². The number of thioether (sulfide) groups is 1. The van der Waals surface area contributed by atoms with Gasteiger partial charge in [0.2, 0.25) is 11.8 Å². The highest BCUT2D eigenvalue weighted by molar-refractivity contribution is 7.99. The number of fused-ring (bicyclic) bond motifs is 1. The molecule has 0 aromatic rings. The molecule has 2 atom stereocenters. The van der Waals surface area contributed by atoms with Crippen molar-refractivity contribution in [3.05, 3.63) is 0 Å². The molecule has 5 heteroatoms. The van der Waals surface area contributed by atoms with Crippen molar-refractivity contribution < 1.29 is 9.59 Å². The molecular formula is C13H22N2O2S. The first kappa shape index (κ1) is 13.7. The van der Waals surface area contributed by atoms with Crippen LogP contribution in [0.4, 0.5) is 0 Å². The Hall–Kier alpha value is -0.710. The molecule has 102 valence electrons. The van der Waals surface area contributed by atoms with E-state index in [-0.39, 0.29) is 23.9 Å². The lowest BCUT2D eigenvalue weighted by Crippen LogP contribution is -2.47. The number of nitrogens with zero attached hydrogens (tertiary/aromatic N) is 2. The minimum Gasteiger partial charge on any atom is -0.337 e. The standard InChI is InChI=1S/C13H22N2O2S/c1-3-18-9-10(2)14-8-6-12(16)15-7-4-5-11(15)13(14)17/h10-11H,3-9H2,1-2H3. The Labute approximate surface area is 113 Å². The van der Waals surface area contributed by atoms with Gasteiger partial charge in [0.1, 0.15) is 6.04 Å². The number of hydrogen-bond acceptors (Lipinski definition) is 3. The molecule has 0 saturated carbocycles. The van der Waals surface area contributed by atoms with Crippen LogP contribution in [0.5, 0.6) is 0 Å². The summed E-state index contributed by atoms with van der Waals surface area (Å²) >= 11 is 1.85. The summed E-state index contributed by atoms with van der Waals surface area (Å²) in [7, 11) is 0. The average Bonchev–Trinajstić information content (AvgIpc) is 2.81. The highest BCUT2D eigenvalue weighted by atomic mass is 32.2. The molecule has 0 aliphatic carbocycles. The van der Waals surface area contributed by atoms with Gasteiger partial charge in [-0.3, -0.25) is 9.59 Å². The van der Waals surface area contributed by atoms with E-state index in [1.54, 1.807) is 4.90 Å². The number of carbonyl (C=O) groups excluding carboxylic acids is 2. The lowest BCUT2D eigenvalue weighted by atomic mass is 10.2. The topological polar surface area (TPSA) is 40.6 Å². The van der Waals surface area contributed by atoms with Crippen molar-refractivity contribution in [3.8, 4) is 0 Å². The van der Waals surface area contributed by atoms with E-state index >= 15 is 0 Å². The van der Waals surface area contributed by atoms with Gasteiger partial charge < -0.3 is 9.80 Å². The van der Waals surface area contributed by atoms with E-state index in [1.807, 2.05) is 16.7 Å². The maximum Gasteiger partial charge on any atom is 0.245 e. The molecule has 0 aromatic heterocycles. The summed E-state index contributed by atoms with van der Waals surface area (Å²) in [6.07, 6.45) is 2.30. The molecule has 0 spiro atoms. The van der Waals surface area contributed by atoms with Crippen LogP contribution in [0, 0.1) is 0 Å². The number of hydrogen-bond donors (Lipinski definition) is 0. The fourth-order valence-electron chi connectivity index (χ4n) is 2.80. The molecule has 2 rings (SSSR count). The second kappa shape index (κ2) is 5.95. The van der Waals surface area contributed by atoms with Crippen LogP contribution < -0.4 is 0 Å². The van der Waals surface area contributed by atoms with Crippen LogP contribution in [-0.2, 0) is 9.59 Å². The summed E-state index contributed by atoms with van der Waals surface area (Å²) < 4.78 is 0. The zero-order valence-electron chi connectivity index (χ0n) is 11.2. The normalized spacial score (nSPS) is 26.2. The number of rotatable bonds is 4. The maximum absolute atomic E-state index is 12.5. The molecule has 2 saturated heterocycles. The van der Waals surface area contributed by atoms with E-state index in [1.165, 1.54) is 0 Å². The lowest BCUT2D eigenvalue weighted by molar-refractivity contribution is -0.140. The fraction of sp³-hybridized carbons (Fsp3) is 0.846. The van der Waals surface area contributed by atoms with Crippen molar-refractivity contribution in [3.63, 3.8) is 0 Å². The lowest BCUT2D eigenvalue weighted by Gasteiger charge is -2.30. The predicted octanol–water partition coefficient (Wildman–Crippen LogP) is 1.35. The van der Waals surface area contributed by atoms with Crippen molar-refractivity contribution in [2.75, 3.05) is 24.6 Å². The zero-order valence-corrected chi connectivity index (χ0v) is 12.0. The minimum absolute atomic E-state index is 0.156. The van der Waals surface area contributed by atoms with Crippen molar-refractivity contribution in [2.45, 2.75) is 45.2 Å². The second-order valence-corrected chi connectivity index (χ2v) is 6.35. The average molecular weight is 270 g/mol. The Morgan fingerprint density at radius 2 is 2.17 bits per heavy atom. The van der Waals surface area contributed by atoms with Crippen LogP contribution in [0.1, 0.15) is 33.1 Å². The van der Waals surface area contributed by atoms with Gasteiger partial charge in [-0.1, -0.05) is 6.92 Å². The highest BCUT2D eigenvalue weighted by Crippen LogP contribution is 2.25. The van der Waals surface area contributed by atoms with Gasteiger partial charge in [-0.2, -0.15) is 11.8 Å². The molecule has 0 bridgehead atoms. The van der Waals surface area contributed by atoms with Crippen molar-refractivity contribution in [1.29, 1.82) is 0 Å². The maximum atomic E-state index is 12.5. The zero-order chi connectivity index (χ0) is 13.1. The van der Waals surface area contributed by atoms with Crippen molar-refractivity contribution in [2.24, 2.45) is 0 Å². The van der Waals surface area contributed by atoms with E-state index in [0.717, 1.165) is 30.9 Å². The summed E-state index contributed by atoms with van der Waals surface area (Å²) in [5.41, 5.74) is 0. The molecule has 2 heterocycles. The monoisotopic (exact) mass is 270 g/mol. The molecule has 2 aliphatic heterocycles. The fourth-order valence-corrected chi connectivity index (χ4v) is 3.56. The molecular weight excluding hydrogens is 248 g/mol. The smallest absolute Gasteiger partial charge is 0.245 e. The molecule has 2 aliphatic rings. The Morgan fingerprint density at radius 3 is 2.89 bits per heavy atom. The van der Waals surface area contributed by atoms with Crippen LogP contribution >= 0.6 is 11.8 Å². The van der Waals surface area contributed by atoms with Gasteiger partial charge in [0.25, 0.3) is 0 Å². The number of amides is 2. The Bertz CT molecular complexity index is 335. The van der Waals surface area contributed by atoms with Gasteiger partial charge in [-0.05, 0) is 25.5 Å². The third-order valence-electron chi connectivity index (χ3n) is 3.80. The highest BCUT2D eigenvalue weighted by Gasteiger charge is 2.40. The van der Waals surface area contributed by atoms with Gasteiger partial charge >= 0.3 is 0 Å². The third kappa shape index (κ3) is 2.66. The predicted molar refractivity (Wildman–Crippen MR) is 73.5 cm³/mol. The van der Waals surface area contributed by atoms with Crippen molar-refractivity contribution in [1.82, 2.24) is 9.80 Å². The quantitative estimate of drug-likeness (QED) is 0.774.